The van der Waals surface area contributed by atoms with Crippen LogP contribution in [-0.4, -0.2) is 41.8 Å². The second kappa shape index (κ2) is 7.17. The van der Waals surface area contributed by atoms with Crippen molar-refractivity contribution in [2.24, 2.45) is 5.73 Å². The number of ether oxygens (including phenoxy) is 1. The fourth-order valence-electron chi connectivity index (χ4n) is 0.706. The van der Waals surface area contributed by atoms with E-state index in [1.54, 1.807) is 18.9 Å². The second-order valence-corrected chi connectivity index (χ2v) is 4.34. The number of carboxylic acids is 1. The zero-order chi connectivity index (χ0) is 10.3. The summed E-state index contributed by atoms with van der Waals surface area (Å²) in [6.45, 7) is 2.74. The van der Waals surface area contributed by atoms with Gasteiger partial charge in [0.25, 0.3) is 0 Å². The first-order chi connectivity index (χ1) is 6.07. The van der Waals surface area contributed by atoms with Gasteiger partial charge in [0.05, 0.1) is 0 Å². The Morgan fingerprint density at radius 1 is 1.69 bits per heavy atom. The van der Waals surface area contributed by atoms with Gasteiger partial charge in [-0.25, -0.2) is 0 Å². The van der Waals surface area contributed by atoms with Crippen molar-refractivity contribution in [1.29, 1.82) is 0 Å². The Hall–Kier alpha value is -0.260. The zero-order valence-electron chi connectivity index (χ0n) is 8.03. The number of aliphatic carboxylic acids is 1. The third-order valence-electron chi connectivity index (χ3n) is 1.61. The predicted octanol–water partition coefficient (Wildman–Crippen LogP) is 0.556. The van der Waals surface area contributed by atoms with E-state index in [0.29, 0.717) is 17.6 Å². The standard InChI is InChI=1S/C8H17NO3S/c1-6(3-4-12-2)13-5-7(9)8(10)11/h6-7H,3-5,9H2,1-2H3,(H,10,11)/t6?,7-/m1/s1. The Bertz CT molecular complexity index is 154. The molecular weight excluding hydrogens is 190 g/mol. The zero-order valence-corrected chi connectivity index (χ0v) is 8.84. The Balaban J connectivity index is 3.45. The third kappa shape index (κ3) is 6.86. The summed E-state index contributed by atoms with van der Waals surface area (Å²) < 4.78 is 4.91. The molecule has 0 saturated heterocycles. The molecule has 0 heterocycles. The summed E-state index contributed by atoms with van der Waals surface area (Å²) in [5, 5.41) is 8.90. The largest absolute Gasteiger partial charge is 0.480 e. The third-order valence-corrected chi connectivity index (χ3v) is 2.96. The molecule has 3 N–H and O–H groups in total. The predicted molar refractivity (Wildman–Crippen MR) is 54.0 cm³/mol. The van der Waals surface area contributed by atoms with Gasteiger partial charge in [-0.1, -0.05) is 6.92 Å². The van der Waals surface area contributed by atoms with Crippen molar-refractivity contribution in [3.63, 3.8) is 0 Å². The van der Waals surface area contributed by atoms with E-state index in [1.807, 2.05) is 6.92 Å². The molecule has 0 bridgehead atoms. The van der Waals surface area contributed by atoms with Crippen LogP contribution in [0.2, 0.25) is 0 Å². The lowest BCUT2D eigenvalue weighted by Gasteiger charge is -2.12. The highest BCUT2D eigenvalue weighted by Gasteiger charge is 2.13. The van der Waals surface area contributed by atoms with E-state index in [2.05, 4.69) is 0 Å². The molecule has 78 valence electrons. The molecule has 13 heavy (non-hydrogen) atoms. The molecule has 0 radical (unpaired) electrons. The van der Waals surface area contributed by atoms with Gasteiger partial charge in [-0.15, -0.1) is 0 Å². The lowest BCUT2D eigenvalue weighted by Crippen LogP contribution is -2.33. The molecule has 0 spiro atoms. The van der Waals surface area contributed by atoms with Crippen molar-refractivity contribution in [3.8, 4) is 0 Å². The fourth-order valence-corrected chi connectivity index (χ4v) is 1.65. The summed E-state index contributed by atoms with van der Waals surface area (Å²) in [5.74, 6) is -0.480. The number of nitrogens with two attached hydrogens (primary N) is 1. The molecule has 4 nitrogen and oxygen atoms in total. The quantitative estimate of drug-likeness (QED) is 0.638. The van der Waals surface area contributed by atoms with Crippen LogP contribution in [0.15, 0.2) is 0 Å². The van der Waals surface area contributed by atoms with E-state index in [9.17, 15) is 4.79 Å². The van der Waals surface area contributed by atoms with Crippen molar-refractivity contribution < 1.29 is 14.6 Å². The molecule has 0 saturated carbocycles. The van der Waals surface area contributed by atoms with E-state index >= 15 is 0 Å². The second-order valence-electron chi connectivity index (χ2n) is 2.87. The molecule has 0 aliphatic rings. The summed E-state index contributed by atoms with van der Waals surface area (Å²) in [4.78, 5) is 10.4. The van der Waals surface area contributed by atoms with Crippen molar-refractivity contribution in [2.75, 3.05) is 19.5 Å². The molecule has 0 aromatic heterocycles. The van der Waals surface area contributed by atoms with Gasteiger partial charge in [0.1, 0.15) is 6.04 Å². The van der Waals surface area contributed by atoms with E-state index in [-0.39, 0.29) is 0 Å². The Kier molecular flexibility index (Phi) is 7.03. The smallest absolute Gasteiger partial charge is 0.321 e. The maximum Gasteiger partial charge on any atom is 0.321 e. The highest BCUT2D eigenvalue weighted by molar-refractivity contribution is 7.99. The molecule has 0 amide bonds. The maximum atomic E-state index is 10.4. The summed E-state index contributed by atoms with van der Waals surface area (Å²) in [7, 11) is 1.65. The van der Waals surface area contributed by atoms with Gasteiger partial charge in [0.15, 0.2) is 0 Å². The minimum atomic E-state index is -0.938. The number of methoxy groups -OCH3 is 1. The first kappa shape index (κ1) is 12.7. The fraction of sp³-hybridized carbons (Fsp3) is 0.875. The van der Waals surface area contributed by atoms with E-state index in [0.717, 1.165) is 6.42 Å². The summed E-state index contributed by atoms with van der Waals surface area (Å²) in [6, 6.07) is -0.755. The molecule has 0 aromatic carbocycles. The number of carboxylic acid groups (broad SMARTS) is 1. The molecule has 2 atom stereocenters. The van der Waals surface area contributed by atoms with Crippen molar-refractivity contribution >= 4 is 17.7 Å². The van der Waals surface area contributed by atoms with Crippen LogP contribution in [0, 0.1) is 0 Å². The Morgan fingerprint density at radius 2 is 2.31 bits per heavy atom. The number of hydrogen-bond donors (Lipinski definition) is 2. The monoisotopic (exact) mass is 207 g/mol. The number of carbonyl (C=O) groups is 1. The first-order valence-electron chi connectivity index (χ1n) is 4.16. The van der Waals surface area contributed by atoms with E-state index < -0.39 is 12.0 Å². The Labute approximate surface area is 82.8 Å². The lowest BCUT2D eigenvalue weighted by atomic mass is 10.3. The first-order valence-corrected chi connectivity index (χ1v) is 5.21. The molecule has 0 aromatic rings. The molecule has 5 heteroatoms. The van der Waals surface area contributed by atoms with Crippen molar-refractivity contribution in [2.45, 2.75) is 24.6 Å². The number of hydrogen-bond acceptors (Lipinski definition) is 4. The van der Waals surface area contributed by atoms with Crippen LogP contribution < -0.4 is 5.73 Å². The molecule has 1 unspecified atom stereocenters. The van der Waals surface area contributed by atoms with Crippen molar-refractivity contribution in [1.82, 2.24) is 0 Å². The highest BCUT2D eigenvalue weighted by Crippen LogP contribution is 2.14. The number of rotatable bonds is 7. The normalized spacial score (nSPS) is 15.3. The van der Waals surface area contributed by atoms with Gasteiger partial charge < -0.3 is 15.6 Å². The average molecular weight is 207 g/mol. The molecular formula is C8H17NO3S. The molecule has 0 aliphatic heterocycles. The van der Waals surface area contributed by atoms with Gasteiger partial charge in [-0.3, -0.25) is 4.79 Å². The van der Waals surface area contributed by atoms with Crippen LogP contribution >= 0.6 is 11.8 Å². The Morgan fingerprint density at radius 3 is 2.77 bits per heavy atom. The summed E-state index contributed by atoms with van der Waals surface area (Å²) in [5.41, 5.74) is 5.34. The molecule has 0 aliphatic carbocycles. The van der Waals surface area contributed by atoms with Gasteiger partial charge in [0, 0.05) is 24.7 Å². The maximum absolute atomic E-state index is 10.4. The van der Waals surface area contributed by atoms with E-state index in [4.69, 9.17) is 15.6 Å². The SMILES string of the molecule is COCCC(C)SC[C@@H](N)C(=O)O. The van der Waals surface area contributed by atoms with Crippen LogP contribution in [0.4, 0.5) is 0 Å². The van der Waals surface area contributed by atoms with Crippen LogP contribution in [0.3, 0.4) is 0 Å². The highest BCUT2D eigenvalue weighted by atomic mass is 32.2. The lowest BCUT2D eigenvalue weighted by molar-refractivity contribution is -0.137. The topological polar surface area (TPSA) is 72.5 Å². The summed E-state index contributed by atoms with van der Waals surface area (Å²) >= 11 is 1.57. The van der Waals surface area contributed by atoms with Crippen LogP contribution in [-0.2, 0) is 9.53 Å². The van der Waals surface area contributed by atoms with Crippen LogP contribution in [0.5, 0.6) is 0 Å². The van der Waals surface area contributed by atoms with Crippen LogP contribution in [0.25, 0.3) is 0 Å². The van der Waals surface area contributed by atoms with Gasteiger partial charge in [-0.05, 0) is 6.42 Å². The average Bonchev–Trinajstić information content (AvgIpc) is 2.10. The minimum Gasteiger partial charge on any atom is -0.480 e. The summed E-state index contributed by atoms with van der Waals surface area (Å²) in [6.07, 6.45) is 0.924. The minimum absolute atomic E-state index is 0.394. The van der Waals surface area contributed by atoms with Gasteiger partial charge >= 0.3 is 5.97 Å². The van der Waals surface area contributed by atoms with Crippen LogP contribution in [0.1, 0.15) is 13.3 Å². The molecule has 0 rings (SSSR count). The van der Waals surface area contributed by atoms with Crippen molar-refractivity contribution in [3.05, 3.63) is 0 Å². The van der Waals surface area contributed by atoms with Gasteiger partial charge in [0.2, 0.25) is 0 Å². The van der Waals surface area contributed by atoms with E-state index in [1.165, 1.54) is 0 Å². The molecule has 0 fully saturated rings. The number of thioether (sulfide) groups is 1. The van der Waals surface area contributed by atoms with Gasteiger partial charge in [-0.2, -0.15) is 11.8 Å².